The molecule has 1 atom stereocenters. The first-order valence-electron chi connectivity index (χ1n) is 8.51. The average Bonchev–Trinajstić information content (AvgIpc) is 3.01. The lowest BCUT2D eigenvalue weighted by Gasteiger charge is -2.33. The molecule has 4 nitrogen and oxygen atoms in total. The molecule has 1 unspecified atom stereocenters. The number of rotatable bonds is 3. The summed E-state index contributed by atoms with van der Waals surface area (Å²) in [4.78, 5) is 9.00. The van der Waals surface area contributed by atoms with E-state index in [1.807, 2.05) is 6.20 Å². The van der Waals surface area contributed by atoms with Crippen LogP contribution in [-0.2, 0) is 6.54 Å². The summed E-state index contributed by atoms with van der Waals surface area (Å²) < 4.78 is 29.1. The molecule has 140 valence electrons. The SMILES string of the molecule is CC1(C)CC(Cn2ccc(Cl)n2)N=C(c2cnc3c(F)c(F)ccc3c2)S1. The molecule has 0 bridgehead atoms. The number of benzene rings is 1. The van der Waals surface area contributed by atoms with Crippen molar-refractivity contribution in [2.75, 3.05) is 0 Å². The first-order valence-corrected chi connectivity index (χ1v) is 9.70. The number of pyridine rings is 1. The maximum atomic E-state index is 13.9. The van der Waals surface area contributed by atoms with Crippen molar-refractivity contribution in [1.29, 1.82) is 0 Å². The second-order valence-electron chi connectivity index (χ2n) is 7.17. The third-order valence-corrected chi connectivity index (χ3v) is 5.85. The first kappa shape index (κ1) is 18.4. The number of aromatic nitrogens is 3. The molecule has 2 aromatic heterocycles. The average molecular weight is 407 g/mol. The van der Waals surface area contributed by atoms with Crippen LogP contribution in [0.4, 0.5) is 8.78 Å². The highest BCUT2D eigenvalue weighted by atomic mass is 35.5. The molecule has 27 heavy (non-hydrogen) atoms. The molecule has 1 aliphatic rings. The van der Waals surface area contributed by atoms with E-state index in [-0.39, 0.29) is 16.3 Å². The van der Waals surface area contributed by atoms with Gasteiger partial charge in [-0.15, -0.1) is 0 Å². The summed E-state index contributed by atoms with van der Waals surface area (Å²) in [5.74, 6) is -1.82. The maximum absolute atomic E-state index is 13.9. The van der Waals surface area contributed by atoms with Crippen LogP contribution >= 0.6 is 23.4 Å². The van der Waals surface area contributed by atoms with Crippen molar-refractivity contribution in [1.82, 2.24) is 14.8 Å². The van der Waals surface area contributed by atoms with Crippen LogP contribution in [0.2, 0.25) is 5.15 Å². The van der Waals surface area contributed by atoms with Crippen LogP contribution in [0.1, 0.15) is 25.8 Å². The molecule has 1 aliphatic heterocycles. The number of halogens is 3. The Balaban J connectivity index is 1.70. The zero-order chi connectivity index (χ0) is 19.2. The molecule has 0 aliphatic carbocycles. The molecule has 0 saturated carbocycles. The van der Waals surface area contributed by atoms with E-state index in [9.17, 15) is 8.78 Å². The molecule has 8 heteroatoms. The van der Waals surface area contributed by atoms with Crippen molar-refractivity contribution in [2.45, 2.75) is 37.6 Å². The number of fused-ring (bicyclic) bond motifs is 1. The Morgan fingerprint density at radius 2 is 2.11 bits per heavy atom. The maximum Gasteiger partial charge on any atom is 0.184 e. The van der Waals surface area contributed by atoms with E-state index in [1.165, 1.54) is 6.07 Å². The van der Waals surface area contributed by atoms with Gasteiger partial charge in [-0.05, 0) is 30.7 Å². The van der Waals surface area contributed by atoms with Crippen LogP contribution in [0.15, 0.2) is 41.7 Å². The van der Waals surface area contributed by atoms with Gasteiger partial charge in [0, 0.05) is 28.1 Å². The van der Waals surface area contributed by atoms with Crippen LogP contribution in [0.5, 0.6) is 0 Å². The zero-order valence-electron chi connectivity index (χ0n) is 14.8. The smallest absolute Gasteiger partial charge is 0.184 e. The standard InChI is InChI=1S/C19H17ClF2N4S/c1-19(2)8-13(10-26-6-5-15(20)25-26)24-18(27-19)12-7-11-3-4-14(21)16(22)17(11)23-9-12/h3-7,9,13H,8,10H2,1-2H3. The highest BCUT2D eigenvalue weighted by Crippen LogP contribution is 2.38. The van der Waals surface area contributed by atoms with Gasteiger partial charge in [-0.25, -0.2) is 8.78 Å². The molecule has 0 fully saturated rings. The summed E-state index contributed by atoms with van der Waals surface area (Å²) >= 11 is 7.56. The summed E-state index contributed by atoms with van der Waals surface area (Å²) in [5, 5.41) is 6.07. The van der Waals surface area contributed by atoms with Crippen molar-refractivity contribution < 1.29 is 8.78 Å². The fraction of sp³-hybridized carbons (Fsp3) is 0.316. The predicted octanol–water partition coefficient (Wildman–Crippen LogP) is 5.09. The molecule has 0 radical (unpaired) electrons. The van der Waals surface area contributed by atoms with Crippen molar-refractivity contribution in [3.05, 3.63) is 59.0 Å². The fourth-order valence-electron chi connectivity index (χ4n) is 3.26. The summed E-state index contributed by atoms with van der Waals surface area (Å²) in [7, 11) is 0. The highest BCUT2D eigenvalue weighted by Gasteiger charge is 2.32. The molecular formula is C19H17ClF2N4S. The van der Waals surface area contributed by atoms with Crippen LogP contribution in [0.3, 0.4) is 0 Å². The second-order valence-corrected chi connectivity index (χ2v) is 9.25. The second kappa shape index (κ2) is 6.87. The molecule has 0 N–H and O–H groups in total. The Hall–Kier alpha value is -1.99. The van der Waals surface area contributed by atoms with Crippen molar-refractivity contribution >= 4 is 39.3 Å². The van der Waals surface area contributed by atoms with Gasteiger partial charge in [-0.2, -0.15) is 5.10 Å². The van der Waals surface area contributed by atoms with E-state index in [4.69, 9.17) is 16.6 Å². The number of thioether (sulfide) groups is 1. The molecule has 4 rings (SSSR count). The van der Waals surface area contributed by atoms with Crippen LogP contribution in [0, 0.1) is 11.6 Å². The fourth-order valence-corrected chi connectivity index (χ4v) is 4.64. The van der Waals surface area contributed by atoms with E-state index in [0.717, 1.165) is 23.1 Å². The van der Waals surface area contributed by atoms with Gasteiger partial charge < -0.3 is 0 Å². The Labute approximate surface area is 164 Å². The molecule has 3 aromatic rings. The molecule has 0 amide bonds. The summed E-state index contributed by atoms with van der Waals surface area (Å²) in [5.41, 5.74) is 0.830. The molecule has 1 aromatic carbocycles. The minimum absolute atomic E-state index is 0.0261. The van der Waals surface area contributed by atoms with Crippen LogP contribution in [-0.4, -0.2) is 30.6 Å². The lowest BCUT2D eigenvalue weighted by Crippen LogP contribution is -2.32. The molecule has 3 heterocycles. The first-order chi connectivity index (χ1) is 12.8. The van der Waals surface area contributed by atoms with Gasteiger partial charge in [-0.1, -0.05) is 37.2 Å². The normalized spacial score (nSPS) is 19.3. The van der Waals surface area contributed by atoms with Crippen LogP contribution < -0.4 is 0 Å². The van der Waals surface area contributed by atoms with Gasteiger partial charge in [0.2, 0.25) is 0 Å². The number of hydrogen-bond acceptors (Lipinski definition) is 4. The van der Waals surface area contributed by atoms with Gasteiger partial charge in [0.25, 0.3) is 0 Å². The Morgan fingerprint density at radius 1 is 1.30 bits per heavy atom. The third-order valence-electron chi connectivity index (χ3n) is 4.40. The zero-order valence-corrected chi connectivity index (χ0v) is 16.4. The molecule has 0 spiro atoms. The van der Waals surface area contributed by atoms with Gasteiger partial charge in [0.05, 0.1) is 12.6 Å². The number of nitrogens with zero attached hydrogens (tertiary/aromatic N) is 4. The third kappa shape index (κ3) is 3.84. The Morgan fingerprint density at radius 3 is 2.85 bits per heavy atom. The van der Waals surface area contributed by atoms with Gasteiger partial charge in [0.15, 0.2) is 16.8 Å². The van der Waals surface area contributed by atoms with E-state index in [2.05, 4.69) is 23.9 Å². The van der Waals surface area contributed by atoms with E-state index >= 15 is 0 Å². The van der Waals surface area contributed by atoms with E-state index in [1.54, 1.807) is 34.8 Å². The monoisotopic (exact) mass is 406 g/mol. The van der Waals surface area contributed by atoms with E-state index in [0.29, 0.717) is 17.1 Å². The summed E-state index contributed by atoms with van der Waals surface area (Å²) in [6, 6.07) is 6.24. The van der Waals surface area contributed by atoms with Crippen molar-refractivity contribution in [3.63, 3.8) is 0 Å². The highest BCUT2D eigenvalue weighted by molar-refractivity contribution is 8.15. The number of aliphatic imine (C=N–C) groups is 1. The Kier molecular flexibility index (Phi) is 4.68. The topological polar surface area (TPSA) is 43.1 Å². The molecule has 0 saturated heterocycles. The van der Waals surface area contributed by atoms with Crippen molar-refractivity contribution in [2.24, 2.45) is 4.99 Å². The van der Waals surface area contributed by atoms with Gasteiger partial charge in [-0.3, -0.25) is 14.7 Å². The van der Waals surface area contributed by atoms with E-state index < -0.39 is 11.6 Å². The quantitative estimate of drug-likeness (QED) is 0.608. The predicted molar refractivity (Wildman–Crippen MR) is 106 cm³/mol. The largest absolute Gasteiger partial charge is 0.272 e. The minimum Gasteiger partial charge on any atom is -0.272 e. The van der Waals surface area contributed by atoms with Crippen molar-refractivity contribution in [3.8, 4) is 0 Å². The van der Waals surface area contributed by atoms with Gasteiger partial charge in [0.1, 0.15) is 10.6 Å². The Bertz CT molecular complexity index is 1050. The van der Waals surface area contributed by atoms with Gasteiger partial charge >= 0.3 is 0 Å². The lowest BCUT2D eigenvalue weighted by atomic mass is 10.0. The summed E-state index contributed by atoms with van der Waals surface area (Å²) in [6.45, 7) is 4.96. The molecular weight excluding hydrogens is 390 g/mol. The lowest BCUT2D eigenvalue weighted by molar-refractivity contribution is 0.448. The van der Waals surface area contributed by atoms with Crippen LogP contribution in [0.25, 0.3) is 10.9 Å². The summed E-state index contributed by atoms with van der Waals surface area (Å²) in [6.07, 6.45) is 4.28. The number of hydrogen-bond donors (Lipinski definition) is 0. The minimum atomic E-state index is -0.925.